The SMILES string of the molecule is CC1CCCCC1c1[c]ccc(C2CCCCC2C)c1. The van der Waals surface area contributed by atoms with Gasteiger partial charge in [-0.15, -0.1) is 0 Å². The average molecular weight is 269 g/mol. The molecular weight excluding hydrogens is 240 g/mol. The van der Waals surface area contributed by atoms with E-state index in [1.807, 2.05) is 0 Å². The van der Waals surface area contributed by atoms with Gasteiger partial charge >= 0.3 is 0 Å². The van der Waals surface area contributed by atoms with E-state index in [4.69, 9.17) is 0 Å². The Morgan fingerprint density at radius 3 is 2.10 bits per heavy atom. The lowest BCUT2D eigenvalue weighted by atomic mass is 9.73. The van der Waals surface area contributed by atoms with Crippen LogP contribution in [0.25, 0.3) is 0 Å². The third kappa shape index (κ3) is 2.95. The van der Waals surface area contributed by atoms with Gasteiger partial charge in [0.1, 0.15) is 0 Å². The predicted molar refractivity (Wildman–Crippen MR) is 86.0 cm³/mol. The highest BCUT2D eigenvalue weighted by molar-refractivity contribution is 5.29. The van der Waals surface area contributed by atoms with E-state index in [0.717, 1.165) is 23.7 Å². The van der Waals surface area contributed by atoms with E-state index in [1.165, 1.54) is 56.9 Å². The molecule has 2 saturated carbocycles. The zero-order valence-electron chi connectivity index (χ0n) is 13.2. The number of hydrogen-bond acceptors (Lipinski definition) is 0. The molecule has 20 heavy (non-hydrogen) atoms. The van der Waals surface area contributed by atoms with Gasteiger partial charge in [-0.2, -0.15) is 0 Å². The summed E-state index contributed by atoms with van der Waals surface area (Å²) in [7, 11) is 0. The van der Waals surface area contributed by atoms with Crippen molar-refractivity contribution in [2.24, 2.45) is 11.8 Å². The zero-order valence-corrected chi connectivity index (χ0v) is 13.2. The molecule has 2 aliphatic rings. The Bertz CT molecular complexity index is 396. The van der Waals surface area contributed by atoms with Crippen molar-refractivity contribution in [2.75, 3.05) is 0 Å². The highest BCUT2D eigenvalue weighted by Gasteiger charge is 2.26. The summed E-state index contributed by atoms with van der Waals surface area (Å²) in [6.45, 7) is 4.89. The lowest BCUT2D eigenvalue weighted by molar-refractivity contribution is 0.324. The van der Waals surface area contributed by atoms with Gasteiger partial charge < -0.3 is 0 Å². The molecule has 2 aliphatic carbocycles. The summed E-state index contributed by atoms with van der Waals surface area (Å²) in [6.07, 6.45) is 11.3. The second-order valence-corrected chi connectivity index (χ2v) is 7.31. The Labute approximate surface area is 125 Å². The summed E-state index contributed by atoms with van der Waals surface area (Å²) in [6, 6.07) is 10.6. The molecule has 0 N–H and O–H groups in total. The van der Waals surface area contributed by atoms with Gasteiger partial charge in [-0.25, -0.2) is 0 Å². The molecular formula is C20H29. The smallest absolute Gasteiger partial charge is 0.0130 e. The van der Waals surface area contributed by atoms with Crippen LogP contribution in [0.1, 0.15) is 88.2 Å². The highest BCUT2D eigenvalue weighted by atomic mass is 14.3. The van der Waals surface area contributed by atoms with Crippen LogP contribution in [-0.4, -0.2) is 0 Å². The lowest BCUT2D eigenvalue weighted by Gasteiger charge is -2.32. The molecule has 4 atom stereocenters. The van der Waals surface area contributed by atoms with Crippen LogP contribution in [0.4, 0.5) is 0 Å². The summed E-state index contributed by atoms with van der Waals surface area (Å²) in [5.74, 6) is 3.28. The molecule has 0 heteroatoms. The lowest BCUT2D eigenvalue weighted by Crippen LogP contribution is -2.17. The molecule has 3 rings (SSSR count). The first-order valence-electron chi connectivity index (χ1n) is 8.77. The van der Waals surface area contributed by atoms with Crippen LogP contribution in [0.5, 0.6) is 0 Å². The molecule has 2 fully saturated rings. The van der Waals surface area contributed by atoms with Crippen LogP contribution >= 0.6 is 0 Å². The summed E-state index contributed by atoms with van der Waals surface area (Å²) < 4.78 is 0. The fourth-order valence-corrected chi connectivity index (χ4v) is 4.54. The van der Waals surface area contributed by atoms with E-state index in [2.05, 4.69) is 38.1 Å². The first-order chi connectivity index (χ1) is 9.75. The third-order valence-electron chi connectivity index (χ3n) is 5.90. The second-order valence-electron chi connectivity index (χ2n) is 7.31. The molecule has 1 aromatic rings. The normalized spacial score (nSPS) is 34.9. The van der Waals surface area contributed by atoms with Crippen LogP contribution in [0.3, 0.4) is 0 Å². The molecule has 4 unspecified atom stereocenters. The van der Waals surface area contributed by atoms with Crippen molar-refractivity contribution >= 4 is 0 Å². The first kappa shape index (κ1) is 14.2. The number of benzene rings is 1. The van der Waals surface area contributed by atoms with E-state index >= 15 is 0 Å². The van der Waals surface area contributed by atoms with Crippen LogP contribution in [0.15, 0.2) is 18.2 Å². The fourth-order valence-electron chi connectivity index (χ4n) is 4.54. The maximum Gasteiger partial charge on any atom is -0.0130 e. The molecule has 1 aromatic carbocycles. The number of rotatable bonds is 2. The summed E-state index contributed by atoms with van der Waals surface area (Å²) >= 11 is 0. The van der Waals surface area contributed by atoms with Gasteiger partial charge in [0, 0.05) is 0 Å². The largest absolute Gasteiger partial charge is 0.0619 e. The summed E-state index contributed by atoms with van der Waals surface area (Å²) in [5, 5.41) is 0. The molecule has 0 spiro atoms. The standard InChI is InChI=1S/C20H29/c1-15-8-3-5-12-19(15)17-10-7-11-18(14-17)20-13-6-4-9-16(20)2/h7,10,14-16,19-20H,3-6,8-9,12-13H2,1-2H3. The summed E-state index contributed by atoms with van der Waals surface area (Å²) in [4.78, 5) is 0. The fraction of sp³-hybridized carbons (Fsp3) is 0.700. The van der Waals surface area contributed by atoms with Crippen molar-refractivity contribution in [2.45, 2.75) is 77.0 Å². The van der Waals surface area contributed by atoms with Gasteiger partial charge in [0.25, 0.3) is 0 Å². The Morgan fingerprint density at radius 2 is 1.45 bits per heavy atom. The number of hydrogen-bond donors (Lipinski definition) is 0. The topological polar surface area (TPSA) is 0 Å². The van der Waals surface area contributed by atoms with E-state index in [0.29, 0.717) is 0 Å². The first-order valence-corrected chi connectivity index (χ1v) is 8.77. The van der Waals surface area contributed by atoms with Gasteiger partial charge in [-0.3, -0.25) is 0 Å². The van der Waals surface area contributed by atoms with Crippen LogP contribution < -0.4 is 0 Å². The monoisotopic (exact) mass is 269 g/mol. The van der Waals surface area contributed by atoms with Crippen molar-refractivity contribution in [3.8, 4) is 0 Å². The van der Waals surface area contributed by atoms with Crippen LogP contribution in [0.2, 0.25) is 0 Å². The van der Waals surface area contributed by atoms with Crippen molar-refractivity contribution in [3.63, 3.8) is 0 Å². The van der Waals surface area contributed by atoms with Crippen molar-refractivity contribution in [1.29, 1.82) is 0 Å². The molecule has 0 heterocycles. The third-order valence-corrected chi connectivity index (χ3v) is 5.90. The van der Waals surface area contributed by atoms with Crippen molar-refractivity contribution in [3.05, 3.63) is 35.4 Å². The average Bonchev–Trinajstić information content (AvgIpc) is 2.48. The van der Waals surface area contributed by atoms with Crippen molar-refractivity contribution < 1.29 is 0 Å². The maximum atomic E-state index is 3.56. The predicted octanol–water partition coefficient (Wildman–Crippen LogP) is 6.07. The molecule has 109 valence electrons. The minimum Gasteiger partial charge on any atom is -0.0619 e. The van der Waals surface area contributed by atoms with Crippen LogP contribution in [0, 0.1) is 17.9 Å². The van der Waals surface area contributed by atoms with Gasteiger partial charge in [-0.1, -0.05) is 70.6 Å². The van der Waals surface area contributed by atoms with E-state index in [1.54, 1.807) is 5.56 Å². The molecule has 0 bridgehead atoms. The van der Waals surface area contributed by atoms with Crippen molar-refractivity contribution in [1.82, 2.24) is 0 Å². The minimum atomic E-state index is 0.766. The maximum absolute atomic E-state index is 3.56. The van der Waals surface area contributed by atoms with E-state index in [-0.39, 0.29) is 0 Å². The van der Waals surface area contributed by atoms with Gasteiger partial charge in [0.2, 0.25) is 0 Å². The van der Waals surface area contributed by atoms with Gasteiger partial charge in [0.15, 0.2) is 0 Å². The second kappa shape index (κ2) is 6.33. The Hall–Kier alpha value is -0.780. The molecule has 0 aromatic heterocycles. The van der Waals surface area contributed by atoms with Gasteiger partial charge in [0.05, 0.1) is 0 Å². The highest BCUT2D eigenvalue weighted by Crippen LogP contribution is 2.41. The Kier molecular flexibility index (Phi) is 4.48. The van der Waals surface area contributed by atoms with Crippen LogP contribution in [-0.2, 0) is 0 Å². The molecule has 0 aliphatic heterocycles. The quantitative estimate of drug-likeness (QED) is 0.611. The van der Waals surface area contributed by atoms with Gasteiger partial charge in [-0.05, 0) is 53.7 Å². The Morgan fingerprint density at radius 1 is 0.850 bits per heavy atom. The van der Waals surface area contributed by atoms with E-state index < -0.39 is 0 Å². The zero-order chi connectivity index (χ0) is 13.9. The molecule has 0 saturated heterocycles. The Balaban J connectivity index is 1.81. The molecule has 1 radical (unpaired) electrons. The minimum absolute atomic E-state index is 0.766. The molecule has 0 amide bonds. The van der Waals surface area contributed by atoms with E-state index in [9.17, 15) is 0 Å². The molecule has 0 nitrogen and oxygen atoms in total. The summed E-state index contributed by atoms with van der Waals surface area (Å²) in [5.41, 5.74) is 3.11.